The lowest BCUT2D eigenvalue weighted by Gasteiger charge is -2.11. The first kappa shape index (κ1) is 14.5. The molecule has 2 nitrogen and oxygen atoms in total. The van der Waals surface area contributed by atoms with Gasteiger partial charge in [0, 0.05) is 23.6 Å². The highest BCUT2D eigenvalue weighted by Crippen LogP contribution is 2.31. The molecule has 3 rings (SSSR count). The van der Waals surface area contributed by atoms with Crippen LogP contribution in [0.1, 0.15) is 18.1 Å². The monoisotopic (exact) mass is 299 g/mol. The van der Waals surface area contributed by atoms with Gasteiger partial charge in [-0.2, -0.15) is 0 Å². The van der Waals surface area contributed by atoms with E-state index in [4.69, 9.17) is 4.74 Å². The van der Waals surface area contributed by atoms with E-state index in [0.29, 0.717) is 6.10 Å². The van der Waals surface area contributed by atoms with Crippen LogP contribution in [0.2, 0.25) is 0 Å². The average molecular weight is 299 g/mol. The van der Waals surface area contributed by atoms with Crippen LogP contribution in [0, 0.1) is 0 Å². The molecule has 0 fully saturated rings. The molecule has 1 atom stereocenters. The Bertz CT molecular complexity index is 574. The smallest absolute Gasteiger partial charge is 0.123 e. The second kappa shape index (κ2) is 7.01. The minimum absolute atomic E-state index is 0.296. The summed E-state index contributed by atoms with van der Waals surface area (Å²) >= 11 is 1.88. The van der Waals surface area contributed by atoms with Crippen molar-refractivity contribution in [3.8, 4) is 5.75 Å². The summed E-state index contributed by atoms with van der Waals surface area (Å²) in [5.41, 5.74) is 2.68. The van der Waals surface area contributed by atoms with Crippen LogP contribution < -0.4 is 10.1 Å². The third-order valence-corrected chi connectivity index (χ3v) is 4.75. The second-order valence-electron chi connectivity index (χ2n) is 5.29. The molecule has 1 unspecified atom stereocenters. The molecule has 110 valence electrons. The van der Waals surface area contributed by atoms with Gasteiger partial charge >= 0.3 is 0 Å². The van der Waals surface area contributed by atoms with E-state index in [2.05, 4.69) is 54.7 Å². The van der Waals surface area contributed by atoms with Crippen LogP contribution in [0.15, 0.2) is 53.4 Å². The van der Waals surface area contributed by atoms with E-state index in [1.54, 1.807) is 0 Å². The number of thioether (sulfide) groups is 1. The molecule has 0 saturated carbocycles. The first-order valence-corrected chi connectivity index (χ1v) is 8.50. The third-order valence-electron chi connectivity index (χ3n) is 3.63. The van der Waals surface area contributed by atoms with Crippen LogP contribution in [0.4, 0.5) is 0 Å². The lowest BCUT2D eigenvalue weighted by Crippen LogP contribution is -2.15. The predicted octanol–water partition coefficient (Wildman–Crippen LogP) is 3.89. The van der Waals surface area contributed by atoms with Crippen LogP contribution in [-0.4, -0.2) is 18.4 Å². The predicted molar refractivity (Wildman–Crippen MR) is 89.1 cm³/mol. The van der Waals surface area contributed by atoms with Crippen molar-refractivity contribution in [2.45, 2.75) is 30.9 Å². The largest absolute Gasteiger partial charge is 0.489 e. The summed E-state index contributed by atoms with van der Waals surface area (Å²) in [4.78, 5) is 1.32. The van der Waals surface area contributed by atoms with E-state index in [9.17, 15) is 0 Å². The van der Waals surface area contributed by atoms with Crippen molar-refractivity contribution >= 4 is 11.8 Å². The van der Waals surface area contributed by atoms with Crippen LogP contribution in [0.25, 0.3) is 0 Å². The Balaban J connectivity index is 1.54. The van der Waals surface area contributed by atoms with Crippen molar-refractivity contribution in [3.05, 3.63) is 59.7 Å². The number of nitrogens with one attached hydrogen (secondary N) is 1. The van der Waals surface area contributed by atoms with E-state index >= 15 is 0 Å². The highest BCUT2D eigenvalue weighted by atomic mass is 32.2. The number of benzene rings is 2. The fraction of sp³-hybridized carbons (Fsp3) is 0.333. The zero-order valence-electron chi connectivity index (χ0n) is 12.3. The third kappa shape index (κ3) is 3.80. The molecule has 0 amide bonds. The quantitative estimate of drug-likeness (QED) is 0.818. The number of ether oxygens (including phenoxy) is 1. The number of rotatable bonds is 6. The van der Waals surface area contributed by atoms with Crippen LogP contribution in [0.3, 0.4) is 0 Å². The fourth-order valence-corrected chi connectivity index (χ4v) is 3.52. The summed E-state index contributed by atoms with van der Waals surface area (Å²) in [6, 6.07) is 17.1. The zero-order chi connectivity index (χ0) is 14.5. The molecule has 0 bridgehead atoms. The maximum Gasteiger partial charge on any atom is 0.123 e. The van der Waals surface area contributed by atoms with Gasteiger partial charge in [-0.3, -0.25) is 0 Å². The van der Waals surface area contributed by atoms with Crippen LogP contribution >= 0.6 is 11.8 Å². The summed E-state index contributed by atoms with van der Waals surface area (Å²) < 4.78 is 5.99. The van der Waals surface area contributed by atoms with Crippen molar-refractivity contribution in [2.75, 3.05) is 12.3 Å². The molecule has 0 aromatic heterocycles. The van der Waals surface area contributed by atoms with E-state index in [-0.39, 0.29) is 0 Å². The van der Waals surface area contributed by atoms with Crippen molar-refractivity contribution in [2.24, 2.45) is 0 Å². The molecule has 0 aliphatic carbocycles. The molecule has 0 spiro atoms. The number of para-hydroxylation sites is 1. The number of hydrogen-bond donors (Lipinski definition) is 1. The Morgan fingerprint density at radius 1 is 1.19 bits per heavy atom. The summed E-state index contributed by atoms with van der Waals surface area (Å²) in [6.07, 6.45) is 1.32. The summed E-state index contributed by atoms with van der Waals surface area (Å²) in [5, 5.41) is 3.37. The van der Waals surface area contributed by atoms with E-state index in [0.717, 1.165) is 31.0 Å². The minimum Gasteiger partial charge on any atom is -0.489 e. The maximum atomic E-state index is 5.99. The SMILES string of the molecule is CCNCc1cccc(SCC2Cc3ccccc3O2)c1. The maximum absolute atomic E-state index is 5.99. The molecule has 21 heavy (non-hydrogen) atoms. The summed E-state index contributed by atoms with van der Waals surface area (Å²) in [6.45, 7) is 4.08. The van der Waals surface area contributed by atoms with Gasteiger partial charge in [-0.05, 0) is 35.9 Å². The standard InChI is InChI=1S/C18H21NOS/c1-2-19-12-14-6-5-8-17(10-14)21-13-16-11-15-7-3-4-9-18(15)20-16/h3-10,16,19H,2,11-13H2,1H3. The molecule has 2 aromatic rings. The Morgan fingerprint density at radius 3 is 2.95 bits per heavy atom. The van der Waals surface area contributed by atoms with Gasteiger partial charge in [-0.15, -0.1) is 11.8 Å². The molecule has 1 aliphatic heterocycles. The molecule has 3 heteroatoms. The molecule has 0 radical (unpaired) electrons. The lowest BCUT2D eigenvalue weighted by molar-refractivity contribution is 0.259. The zero-order valence-corrected chi connectivity index (χ0v) is 13.2. The van der Waals surface area contributed by atoms with E-state index in [1.807, 2.05) is 17.8 Å². The van der Waals surface area contributed by atoms with E-state index < -0.39 is 0 Å². The molecule has 2 aromatic carbocycles. The highest BCUT2D eigenvalue weighted by molar-refractivity contribution is 7.99. The van der Waals surface area contributed by atoms with Gasteiger partial charge in [-0.25, -0.2) is 0 Å². The van der Waals surface area contributed by atoms with Crippen molar-refractivity contribution in [1.29, 1.82) is 0 Å². The Labute approximate surface area is 130 Å². The Hall–Kier alpha value is -1.45. The highest BCUT2D eigenvalue weighted by Gasteiger charge is 2.22. The lowest BCUT2D eigenvalue weighted by atomic mass is 10.1. The molecular formula is C18H21NOS. The molecule has 1 N–H and O–H groups in total. The van der Waals surface area contributed by atoms with Crippen molar-refractivity contribution < 1.29 is 4.74 Å². The molecule has 1 heterocycles. The van der Waals surface area contributed by atoms with Gasteiger partial charge in [0.15, 0.2) is 0 Å². The van der Waals surface area contributed by atoms with Gasteiger partial charge < -0.3 is 10.1 Å². The van der Waals surface area contributed by atoms with Gasteiger partial charge in [0.1, 0.15) is 11.9 Å². The Morgan fingerprint density at radius 2 is 2.10 bits per heavy atom. The first-order chi connectivity index (χ1) is 10.3. The van der Waals surface area contributed by atoms with Crippen LogP contribution in [-0.2, 0) is 13.0 Å². The average Bonchev–Trinajstić information content (AvgIpc) is 2.94. The fourth-order valence-electron chi connectivity index (χ4n) is 2.55. The van der Waals surface area contributed by atoms with Crippen LogP contribution in [0.5, 0.6) is 5.75 Å². The van der Waals surface area contributed by atoms with Gasteiger partial charge in [0.2, 0.25) is 0 Å². The minimum atomic E-state index is 0.296. The summed E-state index contributed by atoms with van der Waals surface area (Å²) in [5.74, 6) is 2.06. The van der Waals surface area contributed by atoms with Gasteiger partial charge in [0.05, 0.1) is 0 Å². The first-order valence-electron chi connectivity index (χ1n) is 7.52. The molecular weight excluding hydrogens is 278 g/mol. The second-order valence-corrected chi connectivity index (χ2v) is 6.38. The molecule has 0 saturated heterocycles. The number of fused-ring (bicyclic) bond motifs is 1. The van der Waals surface area contributed by atoms with E-state index in [1.165, 1.54) is 16.0 Å². The number of hydrogen-bond acceptors (Lipinski definition) is 3. The Kier molecular flexibility index (Phi) is 4.84. The topological polar surface area (TPSA) is 21.3 Å². The van der Waals surface area contributed by atoms with Gasteiger partial charge in [-0.1, -0.05) is 37.3 Å². The van der Waals surface area contributed by atoms with Crippen molar-refractivity contribution in [3.63, 3.8) is 0 Å². The van der Waals surface area contributed by atoms with Gasteiger partial charge in [0.25, 0.3) is 0 Å². The summed E-state index contributed by atoms with van der Waals surface area (Å²) in [7, 11) is 0. The normalized spacial score (nSPS) is 16.5. The molecule has 1 aliphatic rings. The van der Waals surface area contributed by atoms with Crippen molar-refractivity contribution in [1.82, 2.24) is 5.32 Å².